The molecule has 1 aromatic carbocycles. The van der Waals surface area contributed by atoms with Crippen LogP contribution < -0.4 is 0 Å². The lowest BCUT2D eigenvalue weighted by Gasteiger charge is -2.37. The maximum Gasteiger partial charge on any atom is 0.273 e. The predicted molar refractivity (Wildman–Crippen MR) is 90.5 cm³/mol. The minimum Gasteiger partial charge on any atom is -0.378 e. The van der Waals surface area contributed by atoms with Crippen molar-refractivity contribution in [2.45, 2.75) is 6.10 Å². The Bertz CT molecular complexity index is 924. The van der Waals surface area contributed by atoms with Gasteiger partial charge in [0.05, 0.1) is 11.7 Å². The Labute approximate surface area is 142 Å². The average Bonchev–Trinajstić information content (AvgIpc) is 3.20. The van der Waals surface area contributed by atoms with E-state index in [0.717, 1.165) is 10.9 Å². The predicted octanol–water partition coefficient (Wildman–Crippen LogP) is 2.33. The molecule has 3 heterocycles. The number of hydrogen-bond acceptors (Lipinski definition) is 5. The van der Waals surface area contributed by atoms with Crippen LogP contribution in [0.15, 0.2) is 35.8 Å². The molecule has 24 heavy (non-hydrogen) atoms. The van der Waals surface area contributed by atoms with Crippen molar-refractivity contribution in [3.05, 3.63) is 52.1 Å². The van der Waals surface area contributed by atoms with Gasteiger partial charge in [-0.25, -0.2) is 4.98 Å². The number of likely N-dealkylation sites (tertiary alicyclic amines) is 1. The maximum absolute atomic E-state index is 12.7. The summed E-state index contributed by atoms with van der Waals surface area (Å²) in [5.74, 6) is -0.326. The van der Waals surface area contributed by atoms with Gasteiger partial charge in [-0.1, -0.05) is 18.2 Å². The lowest BCUT2D eigenvalue weighted by Crippen LogP contribution is -2.54. The minimum absolute atomic E-state index is 0.0971. The van der Waals surface area contributed by atoms with Gasteiger partial charge in [-0.15, -0.1) is 11.3 Å². The minimum atomic E-state index is -0.171. The molecule has 0 spiro atoms. The van der Waals surface area contributed by atoms with Crippen LogP contribution in [0.1, 0.15) is 25.9 Å². The fourth-order valence-electron chi connectivity index (χ4n) is 2.77. The summed E-state index contributed by atoms with van der Waals surface area (Å²) in [4.78, 5) is 34.0. The number of ketones is 1. The number of hydrogen-bond donors (Lipinski definition) is 1. The number of nitrogens with zero attached hydrogens (tertiary/aromatic N) is 2. The molecule has 1 amide bonds. The second-order valence-electron chi connectivity index (χ2n) is 5.68. The first kappa shape index (κ1) is 15.0. The molecule has 1 aliphatic rings. The Kier molecular flexibility index (Phi) is 3.66. The van der Waals surface area contributed by atoms with Gasteiger partial charge < -0.3 is 14.6 Å². The van der Waals surface area contributed by atoms with Crippen molar-refractivity contribution < 1.29 is 14.3 Å². The van der Waals surface area contributed by atoms with Gasteiger partial charge in [-0.05, 0) is 6.07 Å². The topological polar surface area (TPSA) is 75.3 Å². The number of rotatable bonds is 4. The van der Waals surface area contributed by atoms with Crippen molar-refractivity contribution in [3.8, 4) is 0 Å². The van der Waals surface area contributed by atoms with Crippen molar-refractivity contribution >= 4 is 33.9 Å². The molecular weight excluding hydrogens is 326 g/mol. The van der Waals surface area contributed by atoms with Gasteiger partial charge in [0.2, 0.25) is 5.78 Å². The quantitative estimate of drug-likeness (QED) is 0.739. The SMILES string of the molecule is COC1CN(C(=O)c2csc(C(=O)c3c[nH]c4ccccc34)n2)C1. The summed E-state index contributed by atoms with van der Waals surface area (Å²) in [5.41, 5.74) is 1.79. The Morgan fingerprint density at radius 1 is 1.33 bits per heavy atom. The molecule has 4 rings (SSSR count). The van der Waals surface area contributed by atoms with Crippen LogP contribution in [0.2, 0.25) is 0 Å². The molecule has 0 aliphatic carbocycles. The van der Waals surface area contributed by atoms with Crippen molar-refractivity contribution in [2.24, 2.45) is 0 Å². The number of amides is 1. The Morgan fingerprint density at radius 2 is 2.12 bits per heavy atom. The van der Waals surface area contributed by atoms with E-state index in [1.807, 2.05) is 24.3 Å². The Balaban J connectivity index is 1.56. The number of benzene rings is 1. The van der Waals surface area contributed by atoms with Crippen molar-refractivity contribution in [1.29, 1.82) is 0 Å². The molecule has 122 valence electrons. The van der Waals surface area contributed by atoms with E-state index in [0.29, 0.717) is 29.4 Å². The van der Waals surface area contributed by atoms with Gasteiger partial charge in [0.15, 0.2) is 5.01 Å². The number of ether oxygens (including phenoxy) is 1. The summed E-state index contributed by atoms with van der Waals surface area (Å²) in [6.07, 6.45) is 1.79. The first-order valence-corrected chi connectivity index (χ1v) is 8.43. The van der Waals surface area contributed by atoms with Crippen LogP contribution in [0.4, 0.5) is 0 Å². The van der Waals surface area contributed by atoms with Crippen molar-refractivity contribution in [1.82, 2.24) is 14.9 Å². The molecule has 0 saturated carbocycles. The van der Waals surface area contributed by atoms with Crippen LogP contribution >= 0.6 is 11.3 Å². The summed E-state index contributed by atoms with van der Waals surface area (Å²) >= 11 is 1.20. The Hall–Kier alpha value is -2.51. The van der Waals surface area contributed by atoms with Crippen LogP contribution in [0.5, 0.6) is 0 Å². The molecule has 0 unspecified atom stereocenters. The van der Waals surface area contributed by atoms with Crippen LogP contribution in [-0.4, -0.2) is 52.9 Å². The molecule has 1 fully saturated rings. The monoisotopic (exact) mass is 341 g/mol. The van der Waals surface area contributed by atoms with Gasteiger partial charge >= 0.3 is 0 Å². The first-order valence-electron chi connectivity index (χ1n) is 7.56. The molecule has 6 nitrogen and oxygen atoms in total. The highest BCUT2D eigenvalue weighted by Gasteiger charge is 2.32. The fourth-order valence-corrected chi connectivity index (χ4v) is 3.51. The maximum atomic E-state index is 12.7. The summed E-state index contributed by atoms with van der Waals surface area (Å²) < 4.78 is 5.17. The average molecular weight is 341 g/mol. The van der Waals surface area contributed by atoms with E-state index >= 15 is 0 Å². The highest BCUT2D eigenvalue weighted by molar-refractivity contribution is 7.12. The van der Waals surface area contributed by atoms with Gasteiger partial charge in [0.25, 0.3) is 5.91 Å². The first-order chi connectivity index (χ1) is 11.7. The number of para-hydroxylation sites is 1. The zero-order chi connectivity index (χ0) is 16.7. The van der Waals surface area contributed by atoms with Crippen LogP contribution in [0.3, 0.4) is 0 Å². The molecule has 7 heteroatoms. The van der Waals surface area contributed by atoms with E-state index in [-0.39, 0.29) is 17.8 Å². The van der Waals surface area contributed by atoms with E-state index in [4.69, 9.17) is 4.74 Å². The molecule has 0 radical (unpaired) electrons. The largest absolute Gasteiger partial charge is 0.378 e. The van der Waals surface area contributed by atoms with Crippen molar-refractivity contribution in [3.63, 3.8) is 0 Å². The molecule has 3 aromatic rings. The lowest BCUT2D eigenvalue weighted by atomic mass is 10.1. The standard InChI is InChI=1S/C17H15N3O3S/c1-23-10-7-20(8-10)17(22)14-9-24-16(19-14)15(21)12-6-18-13-5-3-2-4-11(12)13/h2-6,9-10,18H,7-8H2,1H3. The highest BCUT2D eigenvalue weighted by atomic mass is 32.1. The Morgan fingerprint density at radius 3 is 2.92 bits per heavy atom. The number of nitrogens with one attached hydrogen (secondary N) is 1. The van der Waals surface area contributed by atoms with E-state index in [9.17, 15) is 9.59 Å². The number of H-pyrrole nitrogens is 1. The summed E-state index contributed by atoms with van der Waals surface area (Å²) in [6, 6.07) is 7.61. The van der Waals surface area contributed by atoms with E-state index in [2.05, 4.69) is 9.97 Å². The van der Waals surface area contributed by atoms with E-state index in [1.165, 1.54) is 11.3 Å². The number of aromatic nitrogens is 2. The van der Waals surface area contributed by atoms with Gasteiger partial charge in [-0.2, -0.15) is 0 Å². The summed E-state index contributed by atoms with van der Waals surface area (Å²) in [7, 11) is 1.63. The van der Waals surface area contributed by atoms with Crippen LogP contribution in [0, 0.1) is 0 Å². The van der Waals surface area contributed by atoms with Gasteiger partial charge in [0.1, 0.15) is 5.69 Å². The highest BCUT2D eigenvalue weighted by Crippen LogP contribution is 2.23. The fraction of sp³-hybridized carbons (Fsp3) is 0.235. The lowest BCUT2D eigenvalue weighted by molar-refractivity contribution is -0.0194. The van der Waals surface area contributed by atoms with Crippen LogP contribution in [0.25, 0.3) is 10.9 Å². The number of carbonyl (C=O) groups is 2. The second kappa shape index (κ2) is 5.85. The van der Waals surface area contributed by atoms with E-state index < -0.39 is 0 Å². The van der Waals surface area contributed by atoms with Crippen molar-refractivity contribution in [2.75, 3.05) is 20.2 Å². The van der Waals surface area contributed by atoms with Crippen LogP contribution in [-0.2, 0) is 4.74 Å². The molecule has 1 N–H and O–H groups in total. The molecule has 1 saturated heterocycles. The summed E-state index contributed by atoms with van der Waals surface area (Å²) in [6.45, 7) is 1.14. The number of aromatic amines is 1. The molecule has 0 atom stereocenters. The third-order valence-electron chi connectivity index (χ3n) is 4.22. The van der Waals surface area contributed by atoms with E-state index in [1.54, 1.807) is 23.6 Å². The number of fused-ring (bicyclic) bond motifs is 1. The van der Waals surface area contributed by atoms with Gasteiger partial charge in [-0.3, -0.25) is 9.59 Å². The second-order valence-corrected chi connectivity index (χ2v) is 6.54. The molecular formula is C17H15N3O3S. The third kappa shape index (κ3) is 2.42. The number of thiazole rings is 1. The third-order valence-corrected chi connectivity index (χ3v) is 5.06. The number of methoxy groups -OCH3 is 1. The molecule has 0 bridgehead atoms. The van der Waals surface area contributed by atoms with Gasteiger partial charge in [0, 0.05) is 42.7 Å². The molecule has 1 aliphatic heterocycles. The molecule has 2 aromatic heterocycles. The smallest absolute Gasteiger partial charge is 0.273 e. The number of carbonyl (C=O) groups excluding carboxylic acids is 2. The zero-order valence-electron chi connectivity index (χ0n) is 13.0. The summed E-state index contributed by atoms with van der Waals surface area (Å²) in [5, 5.41) is 2.83. The normalized spacial score (nSPS) is 14.8. The zero-order valence-corrected chi connectivity index (χ0v) is 13.8.